The van der Waals surface area contributed by atoms with Crippen molar-refractivity contribution in [2.45, 2.75) is 25.8 Å². The van der Waals surface area contributed by atoms with Crippen LogP contribution in [0.3, 0.4) is 0 Å². The van der Waals surface area contributed by atoms with Gasteiger partial charge in [0.2, 0.25) is 0 Å². The van der Waals surface area contributed by atoms with Gasteiger partial charge in [-0.2, -0.15) is 5.10 Å². The lowest BCUT2D eigenvalue weighted by atomic mass is 10.1. The van der Waals surface area contributed by atoms with Crippen LogP contribution in [0.5, 0.6) is 0 Å². The maximum Gasteiger partial charge on any atom is 0.115 e. The SMILES string of the molecule is COCCNC(c1cnn(C)c1)c1nc(C(C)C)cs1. The van der Waals surface area contributed by atoms with E-state index in [2.05, 4.69) is 29.6 Å². The van der Waals surface area contributed by atoms with Gasteiger partial charge in [-0.25, -0.2) is 4.98 Å². The highest BCUT2D eigenvalue weighted by atomic mass is 32.1. The summed E-state index contributed by atoms with van der Waals surface area (Å²) in [6, 6.07) is 0.0800. The monoisotopic (exact) mass is 294 g/mol. The van der Waals surface area contributed by atoms with Gasteiger partial charge in [-0.1, -0.05) is 13.8 Å². The van der Waals surface area contributed by atoms with Crippen molar-refractivity contribution in [3.8, 4) is 0 Å². The van der Waals surface area contributed by atoms with E-state index in [1.54, 1.807) is 18.4 Å². The Morgan fingerprint density at radius 3 is 2.80 bits per heavy atom. The Balaban J connectivity index is 2.20. The van der Waals surface area contributed by atoms with Crippen LogP contribution in [0.2, 0.25) is 0 Å². The van der Waals surface area contributed by atoms with E-state index < -0.39 is 0 Å². The van der Waals surface area contributed by atoms with Gasteiger partial charge in [-0.15, -0.1) is 11.3 Å². The molecule has 0 bridgehead atoms. The molecule has 1 atom stereocenters. The number of nitrogens with one attached hydrogen (secondary N) is 1. The molecule has 0 amide bonds. The Morgan fingerprint density at radius 1 is 1.45 bits per heavy atom. The smallest absolute Gasteiger partial charge is 0.115 e. The van der Waals surface area contributed by atoms with Crippen LogP contribution in [-0.4, -0.2) is 35.0 Å². The molecule has 2 aromatic rings. The molecule has 0 saturated heterocycles. The molecule has 0 fully saturated rings. The van der Waals surface area contributed by atoms with E-state index in [1.165, 1.54) is 0 Å². The van der Waals surface area contributed by atoms with Crippen molar-refractivity contribution in [2.75, 3.05) is 20.3 Å². The largest absolute Gasteiger partial charge is 0.383 e. The summed E-state index contributed by atoms with van der Waals surface area (Å²) < 4.78 is 6.93. The molecule has 1 N–H and O–H groups in total. The van der Waals surface area contributed by atoms with Gasteiger partial charge in [-0.05, 0) is 5.92 Å². The van der Waals surface area contributed by atoms with E-state index >= 15 is 0 Å². The minimum Gasteiger partial charge on any atom is -0.383 e. The third kappa shape index (κ3) is 3.65. The lowest BCUT2D eigenvalue weighted by molar-refractivity contribution is 0.197. The van der Waals surface area contributed by atoms with Gasteiger partial charge in [0.1, 0.15) is 5.01 Å². The maximum atomic E-state index is 5.11. The lowest BCUT2D eigenvalue weighted by Gasteiger charge is -2.14. The molecule has 0 radical (unpaired) electrons. The number of methoxy groups -OCH3 is 1. The summed E-state index contributed by atoms with van der Waals surface area (Å²) in [4.78, 5) is 4.75. The quantitative estimate of drug-likeness (QED) is 0.796. The first kappa shape index (κ1) is 15.2. The minimum absolute atomic E-state index is 0.0800. The van der Waals surface area contributed by atoms with Crippen LogP contribution < -0.4 is 5.32 Å². The normalized spacial score (nSPS) is 13.1. The van der Waals surface area contributed by atoms with Crippen LogP contribution in [0.25, 0.3) is 0 Å². The molecule has 0 aliphatic rings. The van der Waals surface area contributed by atoms with E-state index in [1.807, 2.05) is 24.1 Å². The molecule has 2 aromatic heterocycles. The van der Waals surface area contributed by atoms with Crippen LogP contribution >= 0.6 is 11.3 Å². The average molecular weight is 294 g/mol. The van der Waals surface area contributed by atoms with Gasteiger partial charge in [-0.3, -0.25) is 4.68 Å². The minimum atomic E-state index is 0.0800. The van der Waals surface area contributed by atoms with Crippen molar-refractivity contribution in [2.24, 2.45) is 7.05 Å². The van der Waals surface area contributed by atoms with E-state index in [0.717, 1.165) is 22.8 Å². The number of thiazole rings is 1. The molecule has 2 rings (SSSR count). The van der Waals surface area contributed by atoms with Crippen LogP contribution in [0.4, 0.5) is 0 Å². The molecule has 0 aromatic carbocycles. The number of hydrogen-bond donors (Lipinski definition) is 1. The Hall–Kier alpha value is -1.24. The van der Waals surface area contributed by atoms with Crippen molar-refractivity contribution >= 4 is 11.3 Å². The number of aromatic nitrogens is 3. The number of aryl methyl sites for hydroxylation is 1. The number of hydrogen-bond acceptors (Lipinski definition) is 5. The Bertz CT molecular complexity index is 535. The van der Waals surface area contributed by atoms with Crippen molar-refractivity contribution in [3.05, 3.63) is 34.0 Å². The highest BCUT2D eigenvalue weighted by Crippen LogP contribution is 2.27. The third-order valence-corrected chi connectivity index (χ3v) is 4.02. The average Bonchev–Trinajstić information content (AvgIpc) is 3.04. The zero-order valence-electron chi connectivity index (χ0n) is 12.5. The first-order valence-electron chi connectivity index (χ1n) is 6.78. The molecule has 5 nitrogen and oxygen atoms in total. The lowest BCUT2D eigenvalue weighted by Crippen LogP contribution is -2.25. The fourth-order valence-electron chi connectivity index (χ4n) is 1.94. The molecule has 0 aliphatic carbocycles. The van der Waals surface area contributed by atoms with Crippen molar-refractivity contribution in [1.29, 1.82) is 0 Å². The van der Waals surface area contributed by atoms with Gasteiger partial charge in [0.25, 0.3) is 0 Å². The summed E-state index contributed by atoms with van der Waals surface area (Å²) in [6.07, 6.45) is 3.92. The predicted molar refractivity (Wildman–Crippen MR) is 81.1 cm³/mol. The maximum absolute atomic E-state index is 5.11. The van der Waals surface area contributed by atoms with Crippen LogP contribution in [0, 0.1) is 0 Å². The number of rotatable bonds is 7. The van der Waals surface area contributed by atoms with Crippen molar-refractivity contribution in [1.82, 2.24) is 20.1 Å². The third-order valence-electron chi connectivity index (χ3n) is 3.09. The van der Waals surface area contributed by atoms with Crippen LogP contribution in [-0.2, 0) is 11.8 Å². The van der Waals surface area contributed by atoms with Gasteiger partial charge in [0.15, 0.2) is 0 Å². The molecule has 6 heteroatoms. The van der Waals surface area contributed by atoms with Crippen LogP contribution in [0.15, 0.2) is 17.8 Å². The van der Waals surface area contributed by atoms with Crippen LogP contribution in [0.1, 0.15) is 42.1 Å². The topological polar surface area (TPSA) is 52.0 Å². The summed E-state index contributed by atoms with van der Waals surface area (Å²) in [7, 11) is 3.64. The first-order valence-corrected chi connectivity index (χ1v) is 7.66. The second kappa shape index (κ2) is 6.97. The highest BCUT2D eigenvalue weighted by molar-refractivity contribution is 7.09. The number of nitrogens with zero attached hydrogens (tertiary/aromatic N) is 3. The molecule has 2 heterocycles. The molecule has 1 unspecified atom stereocenters. The second-order valence-corrected chi connectivity index (χ2v) is 5.98. The fraction of sp³-hybridized carbons (Fsp3) is 0.571. The summed E-state index contributed by atoms with van der Waals surface area (Å²) in [5, 5.41) is 11.0. The fourth-order valence-corrected chi connectivity index (χ4v) is 3.02. The van der Waals surface area contributed by atoms with Gasteiger partial charge in [0, 0.05) is 37.8 Å². The Labute approximate surface area is 124 Å². The molecule has 20 heavy (non-hydrogen) atoms. The molecule has 110 valence electrons. The summed E-state index contributed by atoms with van der Waals surface area (Å²) in [5.74, 6) is 0.452. The van der Waals surface area contributed by atoms with Gasteiger partial charge in [0.05, 0.1) is 24.5 Å². The first-order chi connectivity index (χ1) is 9.61. The predicted octanol–water partition coefficient (Wildman–Crippen LogP) is 2.33. The zero-order valence-corrected chi connectivity index (χ0v) is 13.3. The van der Waals surface area contributed by atoms with E-state index in [0.29, 0.717) is 12.5 Å². The highest BCUT2D eigenvalue weighted by Gasteiger charge is 2.19. The second-order valence-electron chi connectivity index (χ2n) is 5.09. The molecule has 0 saturated carbocycles. The van der Waals surface area contributed by atoms with Crippen molar-refractivity contribution < 1.29 is 4.74 Å². The summed E-state index contributed by atoms with van der Waals surface area (Å²) in [5.41, 5.74) is 2.28. The molecular formula is C14H22N4OS. The number of ether oxygens (including phenoxy) is 1. The molecule has 0 spiro atoms. The van der Waals surface area contributed by atoms with Gasteiger partial charge < -0.3 is 10.1 Å². The molecular weight excluding hydrogens is 272 g/mol. The van der Waals surface area contributed by atoms with Crippen molar-refractivity contribution in [3.63, 3.8) is 0 Å². The Morgan fingerprint density at radius 2 is 2.25 bits per heavy atom. The standard InChI is InChI=1S/C14H22N4OS/c1-10(2)12-9-20-14(17-12)13(15-5-6-19-4)11-7-16-18(3)8-11/h7-10,13,15H,5-6H2,1-4H3. The van der Waals surface area contributed by atoms with E-state index in [9.17, 15) is 0 Å². The summed E-state index contributed by atoms with van der Waals surface area (Å²) in [6.45, 7) is 5.79. The van der Waals surface area contributed by atoms with Gasteiger partial charge >= 0.3 is 0 Å². The van der Waals surface area contributed by atoms with E-state index in [4.69, 9.17) is 9.72 Å². The molecule has 0 aliphatic heterocycles. The zero-order chi connectivity index (χ0) is 14.5. The summed E-state index contributed by atoms with van der Waals surface area (Å²) >= 11 is 1.70. The Kier molecular flexibility index (Phi) is 5.28. The van der Waals surface area contributed by atoms with E-state index in [-0.39, 0.29) is 6.04 Å².